The molecule has 0 aliphatic heterocycles. The van der Waals surface area contributed by atoms with E-state index in [1.807, 2.05) is 45.0 Å². The highest BCUT2D eigenvalue weighted by molar-refractivity contribution is 9.10. The molecule has 1 heterocycles. The number of carbonyl (C=O) groups excluding carboxylic acids is 2. The summed E-state index contributed by atoms with van der Waals surface area (Å²) in [4.78, 5) is 23.7. The van der Waals surface area contributed by atoms with E-state index in [1.165, 1.54) is 23.1 Å². The molecule has 3 N–H and O–H groups in total. The first-order chi connectivity index (χ1) is 11.7. The normalized spacial score (nSPS) is 11.0. The highest BCUT2D eigenvalue weighted by Crippen LogP contribution is 2.25. The number of amides is 3. The van der Waals surface area contributed by atoms with Gasteiger partial charge in [0, 0.05) is 15.7 Å². The molecular weight excluding hydrogens is 426 g/mol. The van der Waals surface area contributed by atoms with Crippen LogP contribution in [0, 0.1) is 0 Å². The Balaban J connectivity index is 1.79. The maximum atomic E-state index is 11.9. The highest BCUT2D eigenvalue weighted by atomic mass is 79.9. The number of hydrogen-bond donors (Lipinski definition) is 3. The molecule has 134 valence electrons. The van der Waals surface area contributed by atoms with Gasteiger partial charge in [0.1, 0.15) is 0 Å². The van der Waals surface area contributed by atoms with Crippen molar-refractivity contribution in [3.8, 4) is 0 Å². The van der Waals surface area contributed by atoms with Crippen LogP contribution in [0.15, 0.2) is 33.1 Å². The fourth-order valence-corrected chi connectivity index (χ4v) is 3.46. The minimum absolute atomic E-state index is 0.137. The summed E-state index contributed by atoms with van der Waals surface area (Å²) < 4.78 is 1.56. The van der Waals surface area contributed by atoms with Gasteiger partial charge in [-0.3, -0.25) is 10.1 Å². The number of urea groups is 1. The topological polar surface area (TPSA) is 96.0 Å². The van der Waals surface area contributed by atoms with Crippen molar-refractivity contribution < 1.29 is 9.59 Å². The van der Waals surface area contributed by atoms with Gasteiger partial charge >= 0.3 is 6.03 Å². The van der Waals surface area contributed by atoms with Crippen molar-refractivity contribution in [3.05, 3.63) is 28.7 Å². The predicted molar refractivity (Wildman–Crippen MR) is 105 cm³/mol. The number of nitrogens with zero attached hydrogens (tertiary/aromatic N) is 2. The molecule has 1 aromatic carbocycles. The van der Waals surface area contributed by atoms with Crippen LogP contribution in [0.5, 0.6) is 0 Å². The highest BCUT2D eigenvalue weighted by Gasteiger charge is 2.15. The largest absolute Gasteiger partial charge is 0.333 e. The van der Waals surface area contributed by atoms with Crippen molar-refractivity contribution in [1.82, 2.24) is 15.5 Å². The summed E-state index contributed by atoms with van der Waals surface area (Å²) >= 11 is 5.83. The van der Waals surface area contributed by atoms with E-state index in [-0.39, 0.29) is 23.2 Å². The quantitative estimate of drug-likeness (QED) is 0.480. The standard InChI is InChI=1S/C15H18BrN5O2S2/c1-15(2,3)19-12(23)18-13-20-21-14(25-13)24-8-11(22)17-10-6-4-9(16)5-7-10/h4-7H,8H2,1-3H3,(H,17,22)(H2,18,19,20,23). The summed E-state index contributed by atoms with van der Waals surface area (Å²) in [6, 6.07) is 7.00. The molecule has 2 aromatic rings. The van der Waals surface area contributed by atoms with Crippen LogP contribution in [0.1, 0.15) is 20.8 Å². The summed E-state index contributed by atoms with van der Waals surface area (Å²) in [5.41, 5.74) is 0.393. The van der Waals surface area contributed by atoms with Crippen LogP contribution in [0.25, 0.3) is 0 Å². The van der Waals surface area contributed by atoms with Gasteiger partial charge < -0.3 is 10.6 Å². The van der Waals surface area contributed by atoms with Crippen molar-refractivity contribution in [2.75, 3.05) is 16.4 Å². The first-order valence-corrected chi connectivity index (χ1v) is 9.92. The van der Waals surface area contributed by atoms with Crippen molar-refractivity contribution in [2.45, 2.75) is 30.6 Å². The molecule has 7 nitrogen and oxygen atoms in total. The Labute approximate surface area is 162 Å². The molecule has 0 bridgehead atoms. The molecule has 0 spiro atoms. The molecule has 0 saturated heterocycles. The number of anilines is 2. The maximum Gasteiger partial charge on any atom is 0.321 e. The third-order valence-corrected chi connectivity index (χ3v) is 5.07. The third kappa shape index (κ3) is 7.41. The summed E-state index contributed by atoms with van der Waals surface area (Å²) in [6.45, 7) is 5.66. The number of benzene rings is 1. The Morgan fingerprint density at radius 1 is 1.16 bits per heavy atom. The van der Waals surface area contributed by atoms with Gasteiger partial charge in [0.05, 0.1) is 5.75 Å². The number of thioether (sulfide) groups is 1. The summed E-state index contributed by atoms with van der Waals surface area (Å²) in [7, 11) is 0. The van der Waals surface area contributed by atoms with Crippen LogP contribution in [-0.2, 0) is 4.79 Å². The molecule has 0 fully saturated rings. The fraction of sp³-hybridized carbons (Fsp3) is 0.333. The average Bonchev–Trinajstić information content (AvgIpc) is 2.93. The molecule has 0 unspecified atom stereocenters. The van der Waals surface area contributed by atoms with Gasteiger partial charge in [-0.2, -0.15) is 0 Å². The van der Waals surface area contributed by atoms with Gasteiger partial charge in [0.2, 0.25) is 11.0 Å². The summed E-state index contributed by atoms with van der Waals surface area (Å²) in [5.74, 6) is 0.0707. The zero-order chi connectivity index (χ0) is 18.4. The number of hydrogen-bond acceptors (Lipinski definition) is 6. The Morgan fingerprint density at radius 3 is 2.48 bits per heavy atom. The van der Waals surface area contributed by atoms with Crippen LogP contribution in [0.3, 0.4) is 0 Å². The van der Waals surface area contributed by atoms with Crippen molar-refractivity contribution in [3.63, 3.8) is 0 Å². The van der Waals surface area contributed by atoms with Crippen LogP contribution in [0.2, 0.25) is 0 Å². The van der Waals surface area contributed by atoms with Gasteiger partial charge in [-0.25, -0.2) is 4.79 Å². The van der Waals surface area contributed by atoms with Crippen LogP contribution in [0.4, 0.5) is 15.6 Å². The van der Waals surface area contributed by atoms with Crippen LogP contribution in [-0.4, -0.2) is 33.4 Å². The molecule has 0 saturated carbocycles. The third-order valence-electron chi connectivity index (χ3n) is 2.57. The van der Waals surface area contributed by atoms with Crippen LogP contribution >= 0.6 is 39.0 Å². The fourth-order valence-electron chi connectivity index (χ4n) is 1.65. The summed E-state index contributed by atoms with van der Waals surface area (Å²) in [5, 5.41) is 16.4. The van der Waals surface area contributed by atoms with Gasteiger partial charge in [-0.1, -0.05) is 39.0 Å². The van der Waals surface area contributed by atoms with Gasteiger partial charge in [0.15, 0.2) is 4.34 Å². The van der Waals surface area contributed by atoms with E-state index in [4.69, 9.17) is 0 Å². The lowest BCUT2D eigenvalue weighted by Crippen LogP contribution is -2.43. The van der Waals surface area contributed by atoms with Crippen molar-refractivity contribution >= 4 is 61.8 Å². The second-order valence-corrected chi connectivity index (χ2v) is 9.16. The molecule has 3 amide bonds. The maximum absolute atomic E-state index is 11.9. The van der Waals surface area contributed by atoms with E-state index in [9.17, 15) is 9.59 Å². The molecule has 0 atom stereocenters. The monoisotopic (exact) mass is 443 g/mol. The van der Waals surface area contributed by atoms with Crippen molar-refractivity contribution in [1.29, 1.82) is 0 Å². The van der Waals surface area contributed by atoms with E-state index in [0.29, 0.717) is 9.47 Å². The smallest absolute Gasteiger partial charge is 0.321 e. The predicted octanol–water partition coefficient (Wildman–Crippen LogP) is 3.95. The molecule has 0 aliphatic rings. The lowest BCUT2D eigenvalue weighted by molar-refractivity contribution is -0.113. The second-order valence-electron chi connectivity index (χ2n) is 6.05. The summed E-state index contributed by atoms with van der Waals surface area (Å²) in [6.07, 6.45) is 0. The average molecular weight is 444 g/mol. The lowest BCUT2D eigenvalue weighted by Gasteiger charge is -2.19. The number of rotatable bonds is 5. The Hall–Kier alpha value is -1.65. The molecule has 25 heavy (non-hydrogen) atoms. The van der Waals surface area contributed by atoms with E-state index < -0.39 is 0 Å². The lowest BCUT2D eigenvalue weighted by atomic mass is 10.1. The van der Waals surface area contributed by atoms with Gasteiger partial charge in [0.25, 0.3) is 0 Å². The van der Waals surface area contributed by atoms with E-state index in [0.717, 1.165) is 10.2 Å². The Morgan fingerprint density at radius 2 is 1.84 bits per heavy atom. The number of aromatic nitrogens is 2. The molecule has 1 aromatic heterocycles. The van der Waals surface area contributed by atoms with E-state index in [1.54, 1.807) is 0 Å². The molecular formula is C15H18BrN5O2S2. The Bertz CT molecular complexity index is 743. The SMILES string of the molecule is CC(C)(C)NC(=O)Nc1nnc(SCC(=O)Nc2ccc(Br)cc2)s1. The molecule has 0 aliphatic carbocycles. The second kappa shape index (κ2) is 8.63. The van der Waals surface area contributed by atoms with E-state index in [2.05, 4.69) is 42.1 Å². The van der Waals surface area contributed by atoms with Crippen LogP contribution < -0.4 is 16.0 Å². The molecule has 2 rings (SSSR count). The number of halogens is 1. The first kappa shape index (κ1) is 19.7. The zero-order valence-electron chi connectivity index (χ0n) is 13.9. The van der Waals surface area contributed by atoms with Gasteiger partial charge in [-0.15, -0.1) is 10.2 Å². The first-order valence-electron chi connectivity index (χ1n) is 7.32. The number of carbonyl (C=O) groups is 2. The Kier molecular flexibility index (Phi) is 6.79. The minimum Gasteiger partial charge on any atom is -0.333 e. The molecule has 0 radical (unpaired) electrons. The minimum atomic E-state index is -0.340. The van der Waals surface area contributed by atoms with E-state index >= 15 is 0 Å². The van der Waals surface area contributed by atoms with Gasteiger partial charge in [-0.05, 0) is 45.0 Å². The zero-order valence-corrected chi connectivity index (χ0v) is 17.1. The van der Waals surface area contributed by atoms with Crippen molar-refractivity contribution in [2.24, 2.45) is 0 Å². The number of nitrogens with one attached hydrogen (secondary N) is 3. The molecule has 10 heteroatoms.